The highest BCUT2D eigenvalue weighted by Gasteiger charge is 2.15. The van der Waals surface area contributed by atoms with Gasteiger partial charge in [-0.2, -0.15) is 0 Å². The van der Waals surface area contributed by atoms with Crippen molar-refractivity contribution in [3.8, 4) is 0 Å². The molecular weight excluding hydrogens is 248 g/mol. The second kappa shape index (κ2) is 6.21. The third kappa shape index (κ3) is 3.24. The van der Waals surface area contributed by atoms with Crippen LogP contribution in [0.15, 0.2) is 18.2 Å². The van der Waals surface area contributed by atoms with Crippen molar-refractivity contribution in [3.05, 3.63) is 34.3 Å². The van der Waals surface area contributed by atoms with E-state index in [1.807, 2.05) is 19.1 Å². The Morgan fingerprint density at radius 1 is 1.56 bits per heavy atom. The van der Waals surface area contributed by atoms with Crippen molar-refractivity contribution >= 4 is 17.5 Å². The van der Waals surface area contributed by atoms with Crippen molar-refractivity contribution in [2.45, 2.75) is 32.2 Å². The second-order valence-corrected chi connectivity index (χ2v) is 5.15. The number of hydrogen-bond acceptors (Lipinski definition) is 2. The van der Waals surface area contributed by atoms with Gasteiger partial charge in [0.25, 0.3) is 5.91 Å². The normalized spacial score (nSPS) is 18.9. The van der Waals surface area contributed by atoms with Crippen LogP contribution in [0.5, 0.6) is 0 Å². The lowest BCUT2D eigenvalue weighted by Gasteiger charge is -2.11. The number of nitrogens with one attached hydrogen (secondary N) is 2. The SMILES string of the molecule is Cc1cccc(C(=O)NCCC2CCCN2)c1Cl. The number of amides is 1. The molecule has 1 amide bonds. The summed E-state index contributed by atoms with van der Waals surface area (Å²) in [5.74, 6) is -0.0818. The zero-order valence-corrected chi connectivity index (χ0v) is 11.4. The molecule has 0 radical (unpaired) electrons. The Balaban J connectivity index is 1.85. The first-order valence-electron chi connectivity index (χ1n) is 6.45. The molecule has 1 aromatic carbocycles. The summed E-state index contributed by atoms with van der Waals surface area (Å²) in [6.45, 7) is 3.70. The van der Waals surface area contributed by atoms with Crippen molar-refractivity contribution in [3.63, 3.8) is 0 Å². The van der Waals surface area contributed by atoms with Gasteiger partial charge in [0.05, 0.1) is 10.6 Å². The van der Waals surface area contributed by atoms with Crippen LogP contribution in [0.4, 0.5) is 0 Å². The van der Waals surface area contributed by atoms with Gasteiger partial charge in [0.2, 0.25) is 0 Å². The third-order valence-electron chi connectivity index (χ3n) is 3.38. The lowest BCUT2D eigenvalue weighted by Crippen LogP contribution is -2.30. The molecule has 1 aromatic rings. The minimum atomic E-state index is -0.0818. The fraction of sp³-hybridized carbons (Fsp3) is 0.500. The summed E-state index contributed by atoms with van der Waals surface area (Å²) < 4.78 is 0. The smallest absolute Gasteiger partial charge is 0.252 e. The Morgan fingerprint density at radius 3 is 3.11 bits per heavy atom. The van der Waals surface area contributed by atoms with E-state index in [2.05, 4.69) is 10.6 Å². The van der Waals surface area contributed by atoms with Crippen LogP contribution in [-0.4, -0.2) is 25.0 Å². The van der Waals surface area contributed by atoms with E-state index in [1.54, 1.807) is 6.07 Å². The van der Waals surface area contributed by atoms with E-state index in [-0.39, 0.29) is 5.91 Å². The maximum absolute atomic E-state index is 12.0. The van der Waals surface area contributed by atoms with Crippen molar-refractivity contribution in [1.29, 1.82) is 0 Å². The van der Waals surface area contributed by atoms with E-state index >= 15 is 0 Å². The topological polar surface area (TPSA) is 41.1 Å². The first-order chi connectivity index (χ1) is 8.68. The summed E-state index contributed by atoms with van der Waals surface area (Å²) >= 11 is 6.12. The summed E-state index contributed by atoms with van der Waals surface area (Å²) in [7, 11) is 0. The molecule has 1 saturated heterocycles. The summed E-state index contributed by atoms with van der Waals surface area (Å²) in [5.41, 5.74) is 1.50. The van der Waals surface area contributed by atoms with Gasteiger partial charge >= 0.3 is 0 Å². The Kier molecular flexibility index (Phi) is 4.61. The van der Waals surface area contributed by atoms with E-state index < -0.39 is 0 Å². The second-order valence-electron chi connectivity index (χ2n) is 4.77. The molecule has 0 bridgehead atoms. The van der Waals surface area contributed by atoms with Gasteiger partial charge in [0, 0.05) is 12.6 Å². The molecule has 0 saturated carbocycles. The first kappa shape index (κ1) is 13.4. The van der Waals surface area contributed by atoms with Gasteiger partial charge in [-0.25, -0.2) is 0 Å². The minimum absolute atomic E-state index is 0.0818. The van der Waals surface area contributed by atoms with Gasteiger partial charge < -0.3 is 10.6 Å². The highest BCUT2D eigenvalue weighted by Crippen LogP contribution is 2.20. The molecule has 1 unspecified atom stereocenters. The highest BCUT2D eigenvalue weighted by molar-refractivity contribution is 6.34. The van der Waals surface area contributed by atoms with Crippen LogP contribution >= 0.6 is 11.6 Å². The average Bonchev–Trinajstić information content (AvgIpc) is 2.85. The Hall–Kier alpha value is -1.06. The van der Waals surface area contributed by atoms with E-state index in [0.29, 0.717) is 23.2 Å². The van der Waals surface area contributed by atoms with Crippen LogP contribution in [0.1, 0.15) is 35.2 Å². The predicted octanol–water partition coefficient (Wildman–Crippen LogP) is 2.52. The van der Waals surface area contributed by atoms with Crippen LogP contribution in [0.25, 0.3) is 0 Å². The molecule has 1 aliphatic rings. The van der Waals surface area contributed by atoms with E-state index in [4.69, 9.17) is 11.6 Å². The lowest BCUT2D eigenvalue weighted by molar-refractivity contribution is 0.0952. The molecule has 0 aromatic heterocycles. The Bertz CT molecular complexity index is 428. The molecule has 1 fully saturated rings. The molecule has 0 aliphatic carbocycles. The highest BCUT2D eigenvalue weighted by atomic mass is 35.5. The number of halogens is 1. The molecule has 18 heavy (non-hydrogen) atoms. The van der Waals surface area contributed by atoms with Gasteiger partial charge in [-0.15, -0.1) is 0 Å². The number of carbonyl (C=O) groups excluding carboxylic acids is 1. The van der Waals surface area contributed by atoms with E-state index in [1.165, 1.54) is 12.8 Å². The maximum atomic E-state index is 12.0. The van der Waals surface area contributed by atoms with Gasteiger partial charge in [0.15, 0.2) is 0 Å². The minimum Gasteiger partial charge on any atom is -0.352 e. The van der Waals surface area contributed by atoms with E-state index in [9.17, 15) is 4.79 Å². The molecule has 1 aliphatic heterocycles. The lowest BCUT2D eigenvalue weighted by atomic mass is 10.1. The molecule has 3 nitrogen and oxygen atoms in total. The standard InChI is InChI=1S/C14H19ClN2O/c1-10-4-2-6-12(13(10)15)14(18)17-9-7-11-5-3-8-16-11/h2,4,6,11,16H,3,5,7-9H2,1H3,(H,17,18). The van der Waals surface area contributed by atoms with Crippen molar-refractivity contribution in [2.75, 3.05) is 13.1 Å². The quantitative estimate of drug-likeness (QED) is 0.879. The summed E-state index contributed by atoms with van der Waals surface area (Å²) in [6, 6.07) is 6.08. The van der Waals surface area contributed by atoms with Gasteiger partial charge in [-0.05, 0) is 44.4 Å². The molecule has 98 valence electrons. The maximum Gasteiger partial charge on any atom is 0.252 e. The van der Waals surface area contributed by atoms with Crippen LogP contribution in [0, 0.1) is 6.92 Å². The monoisotopic (exact) mass is 266 g/mol. The van der Waals surface area contributed by atoms with Gasteiger partial charge in [-0.3, -0.25) is 4.79 Å². The van der Waals surface area contributed by atoms with Crippen LogP contribution in [0.3, 0.4) is 0 Å². The van der Waals surface area contributed by atoms with Crippen molar-refractivity contribution in [1.82, 2.24) is 10.6 Å². The largest absolute Gasteiger partial charge is 0.352 e. The molecule has 1 heterocycles. The number of hydrogen-bond donors (Lipinski definition) is 2. The van der Waals surface area contributed by atoms with Crippen LogP contribution in [-0.2, 0) is 0 Å². The van der Waals surface area contributed by atoms with Gasteiger partial charge in [-0.1, -0.05) is 23.7 Å². The summed E-state index contributed by atoms with van der Waals surface area (Å²) in [5, 5.41) is 6.89. The van der Waals surface area contributed by atoms with Crippen LogP contribution in [0.2, 0.25) is 5.02 Å². The molecular formula is C14H19ClN2O. The third-order valence-corrected chi connectivity index (χ3v) is 3.88. The predicted molar refractivity (Wildman–Crippen MR) is 74.2 cm³/mol. The molecule has 2 N–H and O–H groups in total. The molecule has 1 atom stereocenters. The Morgan fingerprint density at radius 2 is 2.39 bits per heavy atom. The molecule has 0 spiro atoms. The number of carbonyl (C=O) groups is 1. The van der Waals surface area contributed by atoms with E-state index in [0.717, 1.165) is 18.5 Å². The fourth-order valence-electron chi connectivity index (χ4n) is 2.28. The van der Waals surface area contributed by atoms with Crippen LogP contribution < -0.4 is 10.6 Å². The first-order valence-corrected chi connectivity index (χ1v) is 6.83. The fourth-order valence-corrected chi connectivity index (χ4v) is 2.49. The zero-order valence-electron chi connectivity index (χ0n) is 10.6. The van der Waals surface area contributed by atoms with Crippen molar-refractivity contribution in [2.24, 2.45) is 0 Å². The number of rotatable bonds is 4. The van der Waals surface area contributed by atoms with Gasteiger partial charge in [0.1, 0.15) is 0 Å². The summed E-state index contributed by atoms with van der Waals surface area (Å²) in [6.07, 6.45) is 3.43. The number of aryl methyl sites for hydroxylation is 1. The summed E-state index contributed by atoms with van der Waals surface area (Å²) in [4.78, 5) is 12.0. The molecule has 2 rings (SSSR count). The Labute approximate surface area is 113 Å². The van der Waals surface area contributed by atoms with Crippen molar-refractivity contribution < 1.29 is 4.79 Å². The molecule has 4 heteroatoms. The number of benzene rings is 1. The average molecular weight is 267 g/mol. The zero-order chi connectivity index (χ0) is 13.0.